The molecular formula is C9H17NO. The van der Waals surface area contributed by atoms with Crippen molar-refractivity contribution >= 4 is 0 Å². The third-order valence-electron chi connectivity index (χ3n) is 3.64. The van der Waals surface area contributed by atoms with E-state index < -0.39 is 0 Å². The zero-order valence-corrected chi connectivity index (χ0v) is 7.09. The molecule has 2 saturated carbocycles. The summed E-state index contributed by atoms with van der Waals surface area (Å²) < 4.78 is 0. The molecule has 2 heteroatoms. The van der Waals surface area contributed by atoms with Crippen molar-refractivity contribution in [2.75, 3.05) is 0 Å². The first kappa shape index (κ1) is 7.56. The summed E-state index contributed by atoms with van der Waals surface area (Å²) in [5, 5.41) is 8.77. The smallest absolute Gasteiger partial charge is 0.0322 e. The zero-order valence-electron chi connectivity index (χ0n) is 7.09. The molecule has 0 amide bonds. The van der Waals surface area contributed by atoms with E-state index in [1.165, 1.54) is 25.7 Å². The molecule has 0 saturated heterocycles. The maximum Gasteiger partial charge on any atom is 0.0322 e. The molecule has 0 heterocycles. The van der Waals surface area contributed by atoms with E-state index in [1.54, 1.807) is 0 Å². The Balaban J connectivity index is 1.96. The molecule has 0 spiro atoms. The summed E-state index contributed by atoms with van der Waals surface area (Å²) in [5.74, 6) is 2.65. The van der Waals surface area contributed by atoms with E-state index >= 15 is 0 Å². The molecule has 11 heavy (non-hydrogen) atoms. The minimum Gasteiger partial charge on any atom is -0.317 e. The van der Waals surface area contributed by atoms with Crippen LogP contribution in [0.25, 0.3) is 0 Å². The summed E-state index contributed by atoms with van der Waals surface area (Å²) in [5.41, 5.74) is 2.39. The second kappa shape index (κ2) is 2.76. The van der Waals surface area contributed by atoms with Gasteiger partial charge in [0, 0.05) is 6.04 Å². The maximum atomic E-state index is 8.77. The summed E-state index contributed by atoms with van der Waals surface area (Å²) >= 11 is 0. The average Bonchev–Trinajstić information content (AvgIpc) is 2.62. The molecule has 4 atom stereocenters. The Morgan fingerprint density at radius 3 is 2.64 bits per heavy atom. The van der Waals surface area contributed by atoms with Gasteiger partial charge in [0.15, 0.2) is 0 Å². The Hall–Kier alpha value is -0.0800. The van der Waals surface area contributed by atoms with E-state index in [4.69, 9.17) is 5.21 Å². The van der Waals surface area contributed by atoms with E-state index in [2.05, 4.69) is 12.4 Å². The Morgan fingerprint density at radius 2 is 2.18 bits per heavy atom. The van der Waals surface area contributed by atoms with Gasteiger partial charge in [0.05, 0.1) is 0 Å². The Labute approximate surface area is 67.9 Å². The van der Waals surface area contributed by atoms with Crippen molar-refractivity contribution in [2.24, 2.45) is 17.8 Å². The van der Waals surface area contributed by atoms with Gasteiger partial charge in [0.25, 0.3) is 0 Å². The molecule has 0 aromatic rings. The quantitative estimate of drug-likeness (QED) is 0.596. The lowest BCUT2D eigenvalue weighted by Gasteiger charge is -2.26. The molecular weight excluding hydrogens is 138 g/mol. The molecule has 0 aliphatic heterocycles. The van der Waals surface area contributed by atoms with Crippen molar-refractivity contribution in [1.82, 2.24) is 5.48 Å². The predicted octanol–water partition coefficient (Wildman–Crippen LogP) is 1.79. The third-order valence-corrected chi connectivity index (χ3v) is 3.64. The largest absolute Gasteiger partial charge is 0.317 e. The topological polar surface area (TPSA) is 32.3 Å². The molecule has 2 fully saturated rings. The molecule has 0 aromatic heterocycles. The number of fused-ring (bicyclic) bond motifs is 2. The summed E-state index contributed by atoms with van der Waals surface area (Å²) in [6.45, 7) is 2.09. The van der Waals surface area contributed by atoms with E-state index in [-0.39, 0.29) is 0 Å². The highest BCUT2D eigenvalue weighted by Crippen LogP contribution is 2.49. The Bertz CT molecular complexity index is 148. The van der Waals surface area contributed by atoms with Gasteiger partial charge in [-0.1, -0.05) is 6.42 Å². The predicted molar refractivity (Wildman–Crippen MR) is 43.3 cm³/mol. The van der Waals surface area contributed by atoms with Gasteiger partial charge in [-0.3, -0.25) is 0 Å². The molecule has 2 bridgehead atoms. The normalized spacial score (nSPS) is 44.7. The number of rotatable bonds is 2. The fourth-order valence-electron chi connectivity index (χ4n) is 3.00. The number of hydroxylamine groups is 1. The van der Waals surface area contributed by atoms with E-state index in [0.29, 0.717) is 6.04 Å². The first-order valence-electron chi connectivity index (χ1n) is 4.71. The van der Waals surface area contributed by atoms with Crippen LogP contribution in [0, 0.1) is 17.8 Å². The molecule has 2 nitrogen and oxygen atoms in total. The number of hydrogen-bond acceptors (Lipinski definition) is 2. The van der Waals surface area contributed by atoms with Crippen LogP contribution in [0.15, 0.2) is 0 Å². The van der Waals surface area contributed by atoms with Gasteiger partial charge in [-0.25, -0.2) is 5.48 Å². The van der Waals surface area contributed by atoms with Crippen LogP contribution >= 0.6 is 0 Å². The second-order valence-electron chi connectivity index (χ2n) is 4.26. The average molecular weight is 155 g/mol. The zero-order chi connectivity index (χ0) is 7.84. The van der Waals surface area contributed by atoms with Crippen molar-refractivity contribution < 1.29 is 5.21 Å². The van der Waals surface area contributed by atoms with E-state index in [1.807, 2.05) is 0 Å². The van der Waals surface area contributed by atoms with Crippen molar-refractivity contribution in [1.29, 1.82) is 0 Å². The van der Waals surface area contributed by atoms with Crippen LogP contribution in [0.4, 0.5) is 0 Å². The highest BCUT2D eigenvalue weighted by Gasteiger charge is 2.41. The third kappa shape index (κ3) is 1.18. The minimum absolute atomic E-state index is 0.310. The van der Waals surface area contributed by atoms with Crippen molar-refractivity contribution in [3.63, 3.8) is 0 Å². The Morgan fingerprint density at radius 1 is 1.36 bits per heavy atom. The van der Waals surface area contributed by atoms with Crippen molar-refractivity contribution in [3.8, 4) is 0 Å². The number of hydrogen-bond donors (Lipinski definition) is 2. The SMILES string of the molecule is CC(NO)C1CC2CCC1C2. The van der Waals surface area contributed by atoms with Crippen LogP contribution < -0.4 is 5.48 Å². The highest BCUT2D eigenvalue weighted by atomic mass is 16.5. The van der Waals surface area contributed by atoms with Crippen LogP contribution in [0.1, 0.15) is 32.6 Å². The van der Waals surface area contributed by atoms with Crippen molar-refractivity contribution in [3.05, 3.63) is 0 Å². The molecule has 2 aliphatic carbocycles. The Kier molecular flexibility index (Phi) is 1.90. The van der Waals surface area contributed by atoms with Crippen LogP contribution in [-0.4, -0.2) is 11.2 Å². The second-order valence-corrected chi connectivity index (χ2v) is 4.26. The molecule has 4 unspecified atom stereocenters. The van der Waals surface area contributed by atoms with Gasteiger partial charge in [-0.2, -0.15) is 0 Å². The molecule has 0 radical (unpaired) electrons. The van der Waals surface area contributed by atoms with Crippen LogP contribution in [-0.2, 0) is 0 Å². The van der Waals surface area contributed by atoms with Gasteiger partial charge < -0.3 is 5.21 Å². The van der Waals surface area contributed by atoms with Gasteiger partial charge in [-0.05, 0) is 43.9 Å². The maximum absolute atomic E-state index is 8.77. The lowest BCUT2D eigenvalue weighted by molar-refractivity contribution is 0.0873. The molecule has 2 rings (SSSR count). The van der Waals surface area contributed by atoms with Gasteiger partial charge >= 0.3 is 0 Å². The van der Waals surface area contributed by atoms with Crippen molar-refractivity contribution in [2.45, 2.75) is 38.6 Å². The fraction of sp³-hybridized carbons (Fsp3) is 1.00. The highest BCUT2D eigenvalue weighted by molar-refractivity contribution is 4.93. The summed E-state index contributed by atoms with van der Waals surface area (Å²) in [4.78, 5) is 0. The number of nitrogens with one attached hydrogen (secondary N) is 1. The van der Waals surface area contributed by atoms with Crippen LogP contribution in [0.3, 0.4) is 0 Å². The lowest BCUT2D eigenvalue weighted by atomic mass is 9.84. The standard InChI is InChI=1S/C9H17NO/c1-6(10-11)9-5-7-2-3-8(9)4-7/h6-11H,2-5H2,1H3. The van der Waals surface area contributed by atoms with Crippen LogP contribution in [0.5, 0.6) is 0 Å². The summed E-state index contributed by atoms with van der Waals surface area (Å²) in [6, 6.07) is 0.310. The van der Waals surface area contributed by atoms with Gasteiger partial charge in [0.2, 0.25) is 0 Å². The summed E-state index contributed by atoms with van der Waals surface area (Å²) in [7, 11) is 0. The van der Waals surface area contributed by atoms with Gasteiger partial charge in [0.1, 0.15) is 0 Å². The minimum atomic E-state index is 0.310. The van der Waals surface area contributed by atoms with Gasteiger partial charge in [-0.15, -0.1) is 0 Å². The van der Waals surface area contributed by atoms with E-state index in [0.717, 1.165) is 17.8 Å². The molecule has 2 aliphatic rings. The first-order chi connectivity index (χ1) is 5.31. The molecule has 0 aromatic carbocycles. The fourth-order valence-corrected chi connectivity index (χ4v) is 3.00. The van der Waals surface area contributed by atoms with Crippen LogP contribution in [0.2, 0.25) is 0 Å². The molecule has 64 valence electrons. The summed E-state index contributed by atoms with van der Waals surface area (Å²) in [6.07, 6.45) is 5.62. The molecule has 2 N–H and O–H groups in total. The van der Waals surface area contributed by atoms with E-state index in [9.17, 15) is 0 Å². The lowest BCUT2D eigenvalue weighted by Crippen LogP contribution is -2.33. The monoisotopic (exact) mass is 155 g/mol. The first-order valence-corrected chi connectivity index (χ1v) is 4.71.